The maximum atomic E-state index is 4.90. The Bertz CT molecular complexity index is 1950. The molecule has 0 bridgehead atoms. The number of unbranched alkanes of at least 4 members (excludes halogenated alkanes) is 5. The summed E-state index contributed by atoms with van der Waals surface area (Å²) >= 11 is 2.78. The van der Waals surface area contributed by atoms with E-state index in [4.69, 9.17) is 10.6 Å². The number of nitrogens with zero attached hydrogens (tertiary/aromatic N) is 2. The third-order valence-corrected chi connectivity index (χ3v) is 9.51. The van der Waals surface area contributed by atoms with E-state index in [9.17, 15) is 0 Å². The van der Waals surface area contributed by atoms with Crippen molar-refractivity contribution < 1.29 is 0 Å². The first-order valence-corrected chi connectivity index (χ1v) is 19.1. The molecule has 8 rings (SSSR count). The Kier molecular flexibility index (Phi) is 13.2. The summed E-state index contributed by atoms with van der Waals surface area (Å²) in [6, 6.07) is 58.5. The normalized spacial score (nSPS) is 10.7. The number of hydrogen-bond acceptors (Lipinski definition) is 0. The van der Waals surface area contributed by atoms with Crippen LogP contribution in [0.5, 0.6) is 0 Å². The molecule has 0 aliphatic rings. The summed E-state index contributed by atoms with van der Waals surface area (Å²) in [6.07, 6.45) is 8.51. The van der Waals surface area contributed by atoms with Crippen LogP contribution in [0.25, 0.3) is 53.7 Å². The molecule has 0 saturated heterocycles. The van der Waals surface area contributed by atoms with E-state index in [2.05, 4.69) is 193 Å². The molecule has 0 spiro atoms. The number of fused-ring (bicyclic) bond motifs is 4. The monoisotopic (exact) mass is 676 g/mol. The molecular formula is C48H45AlN2. The summed E-state index contributed by atoms with van der Waals surface area (Å²) in [7, 11) is 0. The molecule has 0 aliphatic heterocycles. The Balaban J connectivity index is 0.000000143. The molecule has 250 valence electrons. The van der Waals surface area contributed by atoms with Crippen LogP contribution in [0.2, 0.25) is 5.28 Å². The van der Waals surface area contributed by atoms with Crippen molar-refractivity contribution in [3.8, 4) is 0 Å². The van der Waals surface area contributed by atoms with Crippen molar-refractivity contribution in [1.29, 1.82) is 0 Å². The predicted octanol–water partition coefficient (Wildman–Crippen LogP) is 15.6. The van der Waals surface area contributed by atoms with Gasteiger partial charge in [-0.25, -0.2) is 0 Å². The summed E-state index contributed by atoms with van der Waals surface area (Å²) in [5.74, 6) is 0. The molecule has 8 aromatic rings. The van der Waals surface area contributed by atoms with Gasteiger partial charge < -0.3 is 10.6 Å². The van der Waals surface area contributed by atoms with Crippen LogP contribution in [-0.2, 0) is 0 Å². The van der Waals surface area contributed by atoms with Crippen LogP contribution in [0.1, 0.15) is 45.4 Å². The topological polar surface area (TPSA) is 28.2 Å². The molecule has 2 nitrogen and oxygen atoms in total. The van der Waals surface area contributed by atoms with Gasteiger partial charge in [-0.05, 0) is 43.1 Å². The van der Waals surface area contributed by atoms with E-state index < -0.39 is 0 Å². The van der Waals surface area contributed by atoms with Gasteiger partial charge in [0.25, 0.3) is 0 Å². The Labute approximate surface area is 312 Å². The first-order valence-electron chi connectivity index (χ1n) is 18.3. The van der Waals surface area contributed by atoms with Gasteiger partial charge in [0.05, 0.1) is 0 Å². The third kappa shape index (κ3) is 9.59. The number of benzene rings is 8. The van der Waals surface area contributed by atoms with E-state index in [-0.39, 0.29) is 0 Å². The molecule has 0 aliphatic carbocycles. The molecule has 0 heterocycles. The van der Waals surface area contributed by atoms with Crippen molar-refractivity contribution in [2.24, 2.45) is 0 Å². The second-order valence-electron chi connectivity index (χ2n) is 12.8. The zero-order chi connectivity index (χ0) is 35.1. The maximum Gasteiger partial charge on any atom is -0.0196 e. The minimum Gasteiger partial charge on any atom is -0.657 e. The quantitative estimate of drug-likeness (QED) is 0.102. The van der Waals surface area contributed by atoms with Gasteiger partial charge in [-0.2, -0.15) is 0 Å². The molecule has 0 saturated carbocycles. The second-order valence-corrected chi connectivity index (χ2v) is 13.4. The van der Waals surface area contributed by atoms with Crippen molar-refractivity contribution in [1.82, 2.24) is 0 Å². The Morgan fingerprint density at radius 2 is 0.608 bits per heavy atom. The van der Waals surface area contributed by atoms with Gasteiger partial charge >= 0.3 is 67.0 Å². The molecule has 0 unspecified atom stereocenters. The van der Waals surface area contributed by atoms with Crippen molar-refractivity contribution in [2.75, 3.05) is 0 Å². The SMILES string of the molecule is CCCCCCC[CH2][Al+2].c1ccc2c([N-]c3cccc4ccccc34)cccc2c1.c1ccc2c([N-]c3cccc4ccccc34)cccc2c1. The predicted molar refractivity (Wildman–Crippen MR) is 225 cm³/mol. The fourth-order valence-electron chi connectivity index (χ4n) is 6.41. The minimum atomic E-state index is 1.02. The van der Waals surface area contributed by atoms with Crippen LogP contribution in [-0.4, -0.2) is 16.3 Å². The molecule has 0 amide bonds. The van der Waals surface area contributed by atoms with Gasteiger partial charge in [0.2, 0.25) is 0 Å². The molecule has 3 heteroatoms. The van der Waals surface area contributed by atoms with Crippen LogP contribution in [0.4, 0.5) is 22.7 Å². The van der Waals surface area contributed by atoms with Crippen molar-refractivity contribution in [3.05, 3.63) is 180 Å². The summed E-state index contributed by atoms with van der Waals surface area (Å²) < 4.78 is 0. The van der Waals surface area contributed by atoms with Crippen molar-refractivity contribution in [3.63, 3.8) is 0 Å². The molecule has 0 radical (unpaired) electrons. The second kappa shape index (κ2) is 18.8. The number of rotatable bonds is 10. The average Bonchev–Trinajstić information content (AvgIpc) is 3.19. The molecule has 0 N–H and O–H groups in total. The molecule has 51 heavy (non-hydrogen) atoms. The zero-order valence-corrected chi connectivity index (χ0v) is 30.7. The third-order valence-electron chi connectivity index (χ3n) is 9.11. The Morgan fingerprint density at radius 1 is 0.333 bits per heavy atom. The van der Waals surface area contributed by atoms with E-state index in [1.165, 1.54) is 86.9 Å². The zero-order valence-electron chi connectivity index (χ0n) is 29.6. The Morgan fingerprint density at radius 3 is 0.922 bits per heavy atom. The smallest absolute Gasteiger partial charge is 0.0196 e. The molecule has 8 aromatic carbocycles. The van der Waals surface area contributed by atoms with Crippen LogP contribution >= 0.6 is 0 Å². The first kappa shape index (κ1) is 35.7. The summed E-state index contributed by atoms with van der Waals surface area (Å²) in [6.45, 7) is 2.26. The van der Waals surface area contributed by atoms with Gasteiger partial charge in [-0.3, -0.25) is 0 Å². The van der Waals surface area contributed by atoms with Crippen LogP contribution in [0, 0.1) is 0 Å². The number of hydrogen-bond donors (Lipinski definition) is 0. The van der Waals surface area contributed by atoms with Gasteiger partial charge in [-0.1, -0.05) is 170 Å². The van der Waals surface area contributed by atoms with Crippen molar-refractivity contribution in [2.45, 2.75) is 50.7 Å². The molecule has 0 atom stereocenters. The van der Waals surface area contributed by atoms with Crippen molar-refractivity contribution >= 4 is 82.1 Å². The van der Waals surface area contributed by atoms with Gasteiger partial charge in [0, 0.05) is 0 Å². The van der Waals surface area contributed by atoms with E-state index in [1.807, 2.05) is 0 Å². The average molecular weight is 677 g/mol. The van der Waals surface area contributed by atoms with Gasteiger partial charge in [-0.15, -0.1) is 22.7 Å². The molecular weight excluding hydrogens is 632 g/mol. The van der Waals surface area contributed by atoms with Gasteiger partial charge in [0.15, 0.2) is 0 Å². The minimum absolute atomic E-state index is 1.02. The largest absolute Gasteiger partial charge is 0.657 e. The summed E-state index contributed by atoms with van der Waals surface area (Å²) in [5, 5.41) is 20.7. The maximum absolute atomic E-state index is 4.90. The van der Waals surface area contributed by atoms with Crippen LogP contribution in [0.3, 0.4) is 0 Å². The standard InChI is InChI=1S/2C20H14N.C8H17.Al/c2*1-3-11-17-15(7-1)9-5-13-19(17)21-20-14-6-10-16-8-2-4-12-18(16)20;1-3-5-7-8-6-4-2;/h2*1-14H;1,3-8H2,2H3;/q2*-1;;+2. The summed E-state index contributed by atoms with van der Waals surface area (Å²) in [5.41, 5.74) is 4.07. The van der Waals surface area contributed by atoms with E-state index in [1.54, 1.807) is 0 Å². The fraction of sp³-hybridized carbons (Fsp3) is 0.167. The molecule has 0 aromatic heterocycles. The van der Waals surface area contributed by atoms with Gasteiger partial charge in [0.1, 0.15) is 0 Å². The van der Waals surface area contributed by atoms with Crippen LogP contribution in [0.15, 0.2) is 170 Å². The van der Waals surface area contributed by atoms with Crippen LogP contribution < -0.4 is 0 Å². The fourth-order valence-corrected chi connectivity index (χ4v) is 6.70. The van der Waals surface area contributed by atoms with E-state index >= 15 is 0 Å². The first-order chi connectivity index (χ1) is 25.2. The Hall–Kier alpha value is -5.07. The van der Waals surface area contributed by atoms with E-state index in [0.29, 0.717) is 0 Å². The van der Waals surface area contributed by atoms with E-state index in [0.717, 1.165) is 22.7 Å². The summed E-state index contributed by atoms with van der Waals surface area (Å²) in [4.78, 5) is 0. The molecule has 0 fully saturated rings.